The Kier molecular flexibility index (Phi) is 5.20. The number of hydrogen-bond donors (Lipinski definition) is 1. The highest BCUT2D eigenvalue weighted by Gasteiger charge is 2.40. The molecule has 2 heteroatoms. The molecule has 1 saturated heterocycles. The Labute approximate surface area is 123 Å². The molecule has 3 unspecified atom stereocenters. The summed E-state index contributed by atoms with van der Waals surface area (Å²) in [4.78, 5) is 0. The highest BCUT2D eigenvalue weighted by atomic mass is 19.1. The zero-order valence-electron chi connectivity index (χ0n) is 13.1. The molecule has 0 saturated carbocycles. The Hall–Kier alpha value is -0.890. The molecule has 0 aliphatic carbocycles. The number of halogens is 1. The third-order valence-corrected chi connectivity index (χ3v) is 5.29. The van der Waals surface area contributed by atoms with Crippen LogP contribution in [0.3, 0.4) is 0 Å². The van der Waals surface area contributed by atoms with Gasteiger partial charge in [-0.3, -0.25) is 0 Å². The summed E-state index contributed by atoms with van der Waals surface area (Å²) >= 11 is 0. The molecule has 1 aromatic carbocycles. The summed E-state index contributed by atoms with van der Waals surface area (Å²) < 4.78 is 13.6. The lowest BCUT2D eigenvalue weighted by Crippen LogP contribution is -2.44. The first-order valence-electron chi connectivity index (χ1n) is 8.07. The van der Waals surface area contributed by atoms with Crippen LogP contribution in [0.2, 0.25) is 0 Å². The molecule has 0 spiro atoms. The molecule has 112 valence electrons. The lowest BCUT2D eigenvalue weighted by atomic mass is 9.62. The molecule has 1 N–H and O–H groups in total. The van der Waals surface area contributed by atoms with Gasteiger partial charge in [-0.2, -0.15) is 0 Å². The van der Waals surface area contributed by atoms with Crippen molar-refractivity contribution in [3.8, 4) is 0 Å². The number of benzene rings is 1. The van der Waals surface area contributed by atoms with Gasteiger partial charge in [-0.05, 0) is 54.8 Å². The van der Waals surface area contributed by atoms with Crippen molar-refractivity contribution in [3.05, 3.63) is 35.6 Å². The molecule has 0 bridgehead atoms. The number of hydrogen-bond acceptors (Lipinski definition) is 1. The number of piperidine rings is 1. The van der Waals surface area contributed by atoms with Crippen LogP contribution in [0.4, 0.5) is 4.39 Å². The molecule has 1 aromatic rings. The van der Waals surface area contributed by atoms with Gasteiger partial charge >= 0.3 is 0 Å². The quantitative estimate of drug-likeness (QED) is 0.820. The predicted octanol–water partition coefficient (Wildman–Crippen LogP) is 4.74. The second-order valence-electron chi connectivity index (χ2n) is 6.50. The van der Waals surface area contributed by atoms with Gasteiger partial charge in [0, 0.05) is 12.5 Å². The van der Waals surface area contributed by atoms with Crippen LogP contribution in [0, 0.1) is 17.2 Å². The largest absolute Gasteiger partial charge is 0.316 e. The van der Waals surface area contributed by atoms with Crippen molar-refractivity contribution in [3.63, 3.8) is 0 Å². The first kappa shape index (κ1) is 15.5. The highest BCUT2D eigenvalue weighted by molar-refractivity contribution is 5.24. The standard InChI is InChI=1S/C18H28FN/c1-4-14(3)12-18(5-2)9-10-20-13-17(18)15-7-6-8-16(19)11-15/h6-8,11,14,17,20H,4-5,9-10,12-13H2,1-3H3. The molecule has 3 atom stereocenters. The van der Waals surface area contributed by atoms with Crippen molar-refractivity contribution in [1.82, 2.24) is 5.32 Å². The smallest absolute Gasteiger partial charge is 0.123 e. The maximum Gasteiger partial charge on any atom is 0.123 e. The minimum absolute atomic E-state index is 0.110. The van der Waals surface area contributed by atoms with E-state index in [1.165, 1.54) is 31.2 Å². The van der Waals surface area contributed by atoms with Crippen molar-refractivity contribution in [2.75, 3.05) is 13.1 Å². The molecule has 1 aliphatic rings. The van der Waals surface area contributed by atoms with Crippen LogP contribution in [-0.4, -0.2) is 13.1 Å². The fourth-order valence-electron chi connectivity index (χ4n) is 3.82. The predicted molar refractivity (Wildman–Crippen MR) is 83.4 cm³/mol. The average Bonchev–Trinajstić information content (AvgIpc) is 2.47. The van der Waals surface area contributed by atoms with Crippen LogP contribution >= 0.6 is 0 Å². The van der Waals surface area contributed by atoms with Gasteiger partial charge in [0.05, 0.1) is 0 Å². The van der Waals surface area contributed by atoms with Gasteiger partial charge in [-0.15, -0.1) is 0 Å². The van der Waals surface area contributed by atoms with Crippen molar-refractivity contribution < 1.29 is 4.39 Å². The van der Waals surface area contributed by atoms with Gasteiger partial charge in [0.25, 0.3) is 0 Å². The van der Waals surface area contributed by atoms with Gasteiger partial charge in [0.1, 0.15) is 5.82 Å². The molecular weight excluding hydrogens is 249 g/mol. The van der Waals surface area contributed by atoms with E-state index in [-0.39, 0.29) is 5.82 Å². The first-order chi connectivity index (χ1) is 9.61. The molecule has 1 fully saturated rings. The Morgan fingerprint density at radius 3 is 2.85 bits per heavy atom. The maximum atomic E-state index is 13.6. The summed E-state index contributed by atoms with van der Waals surface area (Å²) in [5, 5.41) is 3.51. The van der Waals surface area contributed by atoms with E-state index in [1.807, 2.05) is 6.07 Å². The van der Waals surface area contributed by atoms with E-state index in [2.05, 4.69) is 32.2 Å². The Morgan fingerprint density at radius 2 is 2.20 bits per heavy atom. The molecule has 1 heterocycles. The van der Waals surface area contributed by atoms with Crippen molar-refractivity contribution >= 4 is 0 Å². The van der Waals surface area contributed by atoms with Crippen LogP contribution in [0.25, 0.3) is 0 Å². The van der Waals surface area contributed by atoms with Crippen molar-refractivity contribution in [2.45, 2.75) is 52.4 Å². The van der Waals surface area contributed by atoms with E-state index >= 15 is 0 Å². The normalized spacial score (nSPS) is 28.3. The van der Waals surface area contributed by atoms with Gasteiger partial charge in [-0.25, -0.2) is 4.39 Å². The monoisotopic (exact) mass is 277 g/mol. The third kappa shape index (κ3) is 3.22. The minimum Gasteiger partial charge on any atom is -0.316 e. The highest BCUT2D eigenvalue weighted by Crippen LogP contribution is 2.48. The van der Waals surface area contributed by atoms with Crippen molar-refractivity contribution in [1.29, 1.82) is 0 Å². The summed E-state index contributed by atoms with van der Waals surface area (Å²) in [6, 6.07) is 7.23. The fraction of sp³-hybridized carbons (Fsp3) is 0.667. The Morgan fingerprint density at radius 1 is 1.40 bits per heavy atom. The molecule has 20 heavy (non-hydrogen) atoms. The summed E-state index contributed by atoms with van der Waals surface area (Å²) in [5.41, 5.74) is 1.50. The summed E-state index contributed by atoms with van der Waals surface area (Å²) in [6.07, 6.45) is 4.86. The second-order valence-corrected chi connectivity index (χ2v) is 6.50. The number of nitrogens with one attached hydrogen (secondary N) is 1. The second kappa shape index (κ2) is 6.71. The van der Waals surface area contributed by atoms with Crippen LogP contribution in [0.1, 0.15) is 57.9 Å². The minimum atomic E-state index is -0.110. The van der Waals surface area contributed by atoms with E-state index in [0.29, 0.717) is 11.3 Å². The molecule has 1 aliphatic heterocycles. The molecule has 2 rings (SSSR count). The molecule has 0 amide bonds. The maximum absolute atomic E-state index is 13.6. The topological polar surface area (TPSA) is 12.0 Å². The summed E-state index contributed by atoms with van der Waals surface area (Å²) in [7, 11) is 0. The van der Waals surface area contributed by atoms with Crippen LogP contribution in [0.15, 0.2) is 24.3 Å². The van der Waals surface area contributed by atoms with E-state index < -0.39 is 0 Å². The fourth-order valence-corrected chi connectivity index (χ4v) is 3.82. The summed E-state index contributed by atoms with van der Waals surface area (Å²) in [6.45, 7) is 9.00. The lowest BCUT2D eigenvalue weighted by Gasteiger charge is -2.46. The molecular formula is C18H28FN. The zero-order valence-corrected chi connectivity index (χ0v) is 13.1. The van der Waals surface area contributed by atoms with E-state index in [0.717, 1.165) is 19.0 Å². The lowest BCUT2D eigenvalue weighted by molar-refractivity contribution is 0.116. The van der Waals surface area contributed by atoms with Crippen LogP contribution < -0.4 is 5.32 Å². The van der Waals surface area contributed by atoms with Crippen LogP contribution in [-0.2, 0) is 0 Å². The van der Waals surface area contributed by atoms with E-state index in [4.69, 9.17) is 0 Å². The van der Waals surface area contributed by atoms with Crippen LogP contribution in [0.5, 0.6) is 0 Å². The molecule has 0 radical (unpaired) electrons. The Balaban J connectivity index is 2.31. The van der Waals surface area contributed by atoms with Gasteiger partial charge in [0.15, 0.2) is 0 Å². The average molecular weight is 277 g/mol. The van der Waals surface area contributed by atoms with Gasteiger partial charge < -0.3 is 5.32 Å². The SMILES string of the molecule is CCC(C)CC1(CC)CCNCC1c1cccc(F)c1. The van der Waals surface area contributed by atoms with E-state index in [9.17, 15) is 4.39 Å². The number of rotatable bonds is 5. The van der Waals surface area contributed by atoms with Gasteiger partial charge in [-0.1, -0.05) is 39.3 Å². The first-order valence-corrected chi connectivity index (χ1v) is 8.07. The summed E-state index contributed by atoms with van der Waals surface area (Å²) in [5.74, 6) is 1.07. The van der Waals surface area contributed by atoms with E-state index in [1.54, 1.807) is 12.1 Å². The molecule has 1 nitrogen and oxygen atoms in total. The third-order valence-electron chi connectivity index (χ3n) is 5.29. The zero-order chi connectivity index (χ0) is 14.6. The molecule has 0 aromatic heterocycles. The Bertz CT molecular complexity index is 431. The van der Waals surface area contributed by atoms with Gasteiger partial charge in [0.2, 0.25) is 0 Å². The van der Waals surface area contributed by atoms with Crippen molar-refractivity contribution in [2.24, 2.45) is 11.3 Å².